The summed E-state index contributed by atoms with van der Waals surface area (Å²) in [7, 11) is 1.95. The molecular formula is C14H17BrN2O2. The molecule has 0 amide bonds. The van der Waals surface area contributed by atoms with E-state index in [-0.39, 0.29) is 0 Å². The number of rotatable bonds is 4. The number of benzene rings is 1. The maximum atomic E-state index is 10.9. The molecule has 3 N–H and O–H groups in total. The van der Waals surface area contributed by atoms with E-state index in [2.05, 4.69) is 41.1 Å². The molecule has 5 heteroatoms. The molecule has 1 unspecified atom stereocenters. The number of carboxylic acids is 1. The quantitative estimate of drug-likeness (QED) is 0.907. The summed E-state index contributed by atoms with van der Waals surface area (Å²) in [5.41, 5.74) is 8.93. The van der Waals surface area contributed by atoms with Crippen molar-refractivity contribution in [2.45, 2.75) is 25.8 Å². The van der Waals surface area contributed by atoms with Crippen LogP contribution in [0.4, 0.5) is 0 Å². The van der Waals surface area contributed by atoms with Gasteiger partial charge in [-0.3, -0.25) is 4.79 Å². The molecule has 0 saturated heterocycles. The topological polar surface area (TPSA) is 68.2 Å². The minimum atomic E-state index is -0.976. The van der Waals surface area contributed by atoms with Gasteiger partial charge in [-0.1, -0.05) is 13.0 Å². The number of nitrogens with zero attached hydrogens (tertiary/aromatic N) is 1. The van der Waals surface area contributed by atoms with E-state index in [1.54, 1.807) is 0 Å². The molecular weight excluding hydrogens is 308 g/mol. The summed E-state index contributed by atoms with van der Waals surface area (Å²) in [4.78, 5) is 10.9. The third-order valence-electron chi connectivity index (χ3n) is 3.44. The fourth-order valence-electron chi connectivity index (χ4n) is 2.26. The maximum Gasteiger partial charge on any atom is 0.320 e. The third-order valence-corrected chi connectivity index (χ3v) is 4.45. The van der Waals surface area contributed by atoms with Crippen molar-refractivity contribution < 1.29 is 9.90 Å². The lowest BCUT2D eigenvalue weighted by Crippen LogP contribution is -2.32. The standard InChI is InChI=1S/C14H17BrN2O2/c1-3-8-4-5-12-9(6-8)10(13(15)17(12)2)7-11(16)14(18)19/h4-6,11H,3,7,16H2,1-2H3,(H,18,19). The lowest BCUT2D eigenvalue weighted by molar-refractivity contribution is -0.138. The predicted molar refractivity (Wildman–Crippen MR) is 79.3 cm³/mol. The predicted octanol–water partition coefficient (Wildman–Crippen LogP) is 2.46. The Labute approximate surface area is 120 Å². The molecule has 2 aromatic rings. The van der Waals surface area contributed by atoms with E-state index in [0.29, 0.717) is 6.42 Å². The monoisotopic (exact) mass is 324 g/mol. The molecule has 0 aliphatic rings. The van der Waals surface area contributed by atoms with Gasteiger partial charge in [-0.25, -0.2) is 0 Å². The Morgan fingerprint density at radius 3 is 2.79 bits per heavy atom. The van der Waals surface area contributed by atoms with Gasteiger partial charge in [0.2, 0.25) is 0 Å². The van der Waals surface area contributed by atoms with E-state index in [9.17, 15) is 4.79 Å². The number of halogens is 1. The zero-order chi connectivity index (χ0) is 14.2. The van der Waals surface area contributed by atoms with Crippen LogP contribution in [0.15, 0.2) is 22.8 Å². The van der Waals surface area contributed by atoms with Crippen LogP contribution < -0.4 is 5.73 Å². The van der Waals surface area contributed by atoms with Gasteiger partial charge in [-0.05, 0) is 45.6 Å². The molecule has 2 rings (SSSR count). The largest absolute Gasteiger partial charge is 0.480 e. The SMILES string of the molecule is CCc1ccc2c(c1)c(CC(N)C(=O)O)c(Br)n2C. The summed E-state index contributed by atoms with van der Waals surface area (Å²) in [5, 5.41) is 10.0. The summed E-state index contributed by atoms with van der Waals surface area (Å²) in [5.74, 6) is -0.976. The maximum absolute atomic E-state index is 10.9. The molecule has 0 saturated carbocycles. The van der Waals surface area contributed by atoms with E-state index in [1.165, 1.54) is 5.56 Å². The number of carbonyl (C=O) groups is 1. The second-order valence-electron chi connectivity index (χ2n) is 4.68. The Morgan fingerprint density at radius 2 is 2.21 bits per heavy atom. The summed E-state index contributed by atoms with van der Waals surface area (Å²) in [6.07, 6.45) is 1.27. The van der Waals surface area contributed by atoms with E-state index in [0.717, 1.165) is 27.5 Å². The van der Waals surface area contributed by atoms with Crippen LogP contribution in [0.5, 0.6) is 0 Å². The highest BCUT2D eigenvalue weighted by Crippen LogP contribution is 2.31. The van der Waals surface area contributed by atoms with Crippen molar-refractivity contribution in [1.29, 1.82) is 0 Å². The zero-order valence-corrected chi connectivity index (χ0v) is 12.6. The van der Waals surface area contributed by atoms with Gasteiger partial charge in [-0.2, -0.15) is 0 Å². The Hall–Kier alpha value is -1.33. The van der Waals surface area contributed by atoms with Gasteiger partial charge in [0.15, 0.2) is 0 Å². The van der Waals surface area contributed by atoms with Crippen molar-refractivity contribution in [3.63, 3.8) is 0 Å². The third kappa shape index (κ3) is 2.53. The van der Waals surface area contributed by atoms with Crippen LogP contribution in [-0.2, 0) is 24.7 Å². The number of nitrogens with two attached hydrogens (primary N) is 1. The Kier molecular flexibility index (Phi) is 3.96. The van der Waals surface area contributed by atoms with Crippen molar-refractivity contribution in [3.05, 3.63) is 33.9 Å². The average Bonchev–Trinajstić information content (AvgIpc) is 2.63. The summed E-state index contributed by atoms with van der Waals surface area (Å²) in [6.45, 7) is 2.10. The molecule has 0 aliphatic heterocycles. The van der Waals surface area contributed by atoms with Crippen LogP contribution in [0, 0.1) is 0 Å². The van der Waals surface area contributed by atoms with Crippen molar-refractivity contribution in [2.75, 3.05) is 0 Å². The highest BCUT2D eigenvalue weighted by molar-refractivity contribution is 9.10. The average molecular weight is 325 g/mol. The Morgan fingerprint density at radius 1 is 1.53 bits per heavy atom. The minimum absolute atomic E-state index is 0.320. The van der Waals surface area contributed by atoms with E-state index in [4.69, 9.17) is 10.8 Å². The molecule has 0 radical (unpaired) electrons. The number of carboxylic acid groups (broad SMARTS) is 1. The van der Waals surface area contributed by atoms with Gasteiger partial charge < -0.3 is 15.4 Å². The molecule has 1 heterocycles. The summed E-state index contributed by atoms with van der Waals surface area (Å²) >= 11 is 3.53. The fourth-order valence-corrected chi connectivity index (χ4v) is 2.82. The summed E-state index contributed by atoms with van der Waals surface area (Å²) in [6, 6.07) is 5.39. The van der Waals surface area contributed by atoms with Crippen molar-refractivity contribution >= 4 is 32.8 Å². The first-order valence-electron chi connectivity index (χ1n) is 6.19. The summed E-state index contributed by atoms with van der Waals surface area (Å²) < 4.78 is 2.91. The first kappa shape index (κ1) is 14.1. The van der Waals surface area contributed by atoms with Gasteiger partial charge in [-0.15, -0.1) is 0 Å². The van der Waals surface area contributed by atoms with Crippen LogP contribution in [0.2, 0.25) is 0 Å². The van der Waals surface area contributed by atoms with Gasteiger partial charge >= 0.3 is 5.97 Å². The molecule has 0 bridgehead atoms. The van der Waals surface area contributed by atoms with E-state index in [1.807, 2.05) is 11.6 Å². The highest BCUT2D eigenvalue weighted by Gasteiger charge is 2.19. The van der Waals surface area contributed by atoms with E-state index < -0.39 is 12.0 Å². The first-order chi connectivity index (χ1) is 8.95. The molecule has 1 aromatic carbocycles. The van der Waals surface area contributed by atoms with Crippen LogP contribution in [-0.4, -0.2) is 21.7 Å². The molecule has 0 aliphatic carbocycles. The van der Waals surface area contributed by atoms with Gasteiger partial charge in [0, 0.05) is 24.4 Å². The van der Waals surface area contributed by atoms with Gasteiger partial charge in [0.1, 0.15) is 6.04 Å². The molecule has 19 heavy (non-hydrogen) atoms. The van der Waals surface area contributed by atoms with Crippen molar-refractivity contribution in [3.8, 4) is 0 Å². The minimum Gasteiger partial charge on any atom is -0.480 e. The number of hydrogen-bond acceptors (Lipinski definition) is 2. The van der Waals surface area contributed by atoms with Crippen LogP contribution >= 0.6 is 15.9 Å². The zero-order valence-electron chi connectivity index (χ0n) is 11.0. The number of fused-ring (bicyclic) bond motifs is 1. The molecule has 102 valence electrons. The van der Waals surface area contributed by atoms with Crippen LogP contribution in [0.3, 0.4) is 0 Å². The Bertz CT molecular complexity index is 634. The number of hydrogen-bond donors (Lipinski definition) is 2. The smallest absolute Gasteiger partial charge is 0.320 e. The number of aromatic nitrogens is 1. The lowest BCUT2D eigenvalue weighted by Gasteiger charge is -2.06. The highest BCUT2D eigenvalue weighted by atomic mass is 79.9. The molecule has 4 nitrogen and oxygen atoms in total. The Balaban J connectivity index is 2.58. The lowest BCUT2D eigenvalue weighted by atomic mass is 10.0. The molecule has 1 aromatic heterocycles. The van der Waals surface area contributed by atoms with E-state index >= 15 is 0 Å². The molecule has 0 spiro atoms. The normalized spacial score (nSPS) is 12.8. The number of aryl methyl sites for hydroxylation is 2. The fraction of sp³-hybridized carbons (Fsp3) is 0.357. The second kappa shape index (κ2) is 5.35. The second-order valence-corrected chi connectivity index (χ2v) is 5.43. The molecule has 1 atom stereocenters. The van der Waals surface area contributed by atoms with Crippen LogP contribution in [0.1, 0.15) is 18.1 Å². The molecule has 0 fully saturated rings. The van der Waals surface area contributed by atoms with Gasteiger partial charge in [0.05, 0.1) is 4.60 Å². The van der Waals surface area contributed by atoms with Crippen molar-refractivity contribution in [1.82, 2.24) is 4.57 Å². The van der Waals surface area contributed by atoms with Gasteiger partial charge in [0.25, 0.3) is 0 Å². The van der Waals surface area contributed by atoms with Crippen molar-refractivity contribution in [2.24, 2.45) is 12.8 Å². The first-order valence-corrected chi connectivity index (χ1v) is 6.99. The van der Waals surface area contributed by atoms with Crippen LogP contribution in [0.25, 0.3) is 10.9 Å². The number of aliphatic carboxylic acids is 1.